The molecule has 2 rings (SSSR count). The predicted molar refractivity (Wildman–Crippen MR) is 79.5 cm³/mol. The first-order valence-corrected chi connectivity index (χ1v) is 7.31. The molecule has 0 unspecified atom stereocenters. The highest BCUT2D eigenvalue weighted by molar-refractivity contribution is 5.76. The van der Waals surface area contributed by atoms with E-state index in [0.717, 1.165) is 13.1 Å². The summed E-state index contributed by atoms with van der Waals surface area (Å²) in [7, 11) is 0. The molecule has 0 aliphatic carbocycles. The van der Waals surface area contributed by atoms with Crippen molar-refractivity contribution in [2.24, 2.45) is 0 Å². The lowest BCUT2D eigenvalue weighted by molar-refractivity contribution is -0.122. The van der Waals surface area contributed by atoms with Gasteiger partial charge in [-0.25, -0.2) is 0 Å². The normalized spacial score (nSPS) is 23.2. The summed E-state index contributed by atoms with van der Waals surface area (Å²) in [4.78, 5) is 14.2. The quantitative estimate of drug-likeness (QED) is 0.854. The van der Waals surface area contributed by atoms with Crippen molar-refractivity contribution in [3.8, 4) is 0 Å². The van der Waals surface area contributed by atoms with Gasteiger partial charge in [-0.2, -0.15) is 0 Å². The first kappa shape index (κ1) is 15.0. The van der Waals surface area contributed by atoms with Crippen LogP contribution < -0.4 is 5.32 Å². The van der Waals surface area contributed by atoms with Gasteiger partial charge in [-0.05, 0) is 19.4 Å². The Morgan fingerprint density at radius 3 is 2.65 bits per heavy atom. The van der Waals surface area contributed by atoms with Crippen molar-refractivity contribution in [2.75, 3.05) is 19.7 Å². The zero-order valence-corrected chi connectivity index (χ0v) is 12.2. The van der Waals surface area contributed by atoms with Gasteiger partial charge in [-0.3, -0.25) is 9.69 Å². The van der Waals surface area contributed by atoms with Crippen LogP contribution in [0.4, 0.5) is 0 Å². The molecule has 0 saturated carbocycles. The highest BCUT2D eigenvalue weighted by atomic mass is 16.3. The minimum atomic E-state index is -0.0948. The van der Waals surface area contributed by atoms with E-state index in [0.29, 0.717) is 12.0 Å². The number of aliphatic hydroxyl groups is 1. The van der Waals surface area contributed by atoms with Gasteiger partial charge in [0, 0.05) is 37.5 Å². The van der Waals surface area contributed by atoms with E-state index in [1.807, 2.05) is 18.2 Å². The molecule has 1 aliphatic rings. The number of hydrogen-bond donors (Lipinski definition) is 2. The summed E-state index contributed by atoms with van der Waals surface area (Å²) < 4.78 is 0. The Labute approximate surface area is 120 Å². The first-order chi connectivity index (χ1) is 9.61. The van der Waals surface area contributed by atoms with Crippen molar-refractivity contribution in [3.63, 3.8) is 0 Å². The molecule has 0 spiro atoms. The number of carbonyl (C=O) groups is 1. The number of carbonyl (C=O) groups excluding carboxylic acids is 1. The van der Waals surface area contributed by atoms with Crippen LogP contribution in [0.5, 0.6) is 0 Å². The van der Waals surface area contributed by atoms with Crippen LogP contribution in [0.25, 0.3) is 0 Å². The maximum absolute atomic E-state index is 11.8. The fraction of sp³-hybridized carbons (Fsp3) is 0.562. The molecule has 0 radical (unpaired) electrons. The molecule has 1 aromatic carbocycles. The number of aliphatic hydroxyl groups excluding tert-OH is 1. The number of likely N-dealkylation sites (tertiary alicyclic amines) is 1. The minimum Gasteiger partial charge on any atom is -0.396 e. The zero-order chi connectivity index (χ0) is 14.5. The van der Waals surface area contributed by atoms with E-state index in [4.69, 9.17) is 5.11 Å². The molecule has 1 saturated heterocycles. The van der Waals surface area contributed by atoms with E-state index in [1.54, 1.807) is 0 Å². The number of hydrogen-bond acceptors (Lipinski definition) is 3. The molecule has 1 aromatic rings. The summed E-state index contributed by atoms with van der Waals surface area (Å²) in [6, 6.07) is 10.9. The fourth-order valence-corrected chi connectivity index (χ4v) is 2.82. The van der Waals surface area contributed by atoms with E-state index in [2.05, 4.69) is 36.2 Å². The molecule has 1 aliphatic heterocycles. The minimum absolute atomic E-state index is 0.0657. The van der Waals surface area contributed by atoms with Gasteiger partial charge < -0.3 is 10.4 Å². The standard InChI is InChI=1S/C16H24N2O2/c1-12(2)18-10-14(13-6-4-3-5-7-13)15(11-18)17-16(20)8-9-19/h3-7,12,14-15,19H,8-11H2,1-2H3,(H,17,20)/t14-,15+/m1/s1. The molecule has 1 amide bonds. The van der Waals surface area contributed by atoms with E-state index < -0.39 is 0 Å². The average molecular weight is 276 g/mol. The SMILES string of the molecule is CC(C)N1C[C@H](NC(=O)CCO)[C@@H](c2ccccc2)C1. The topological polar surface area (TPSA) is 52.6 Å². The number of nitrogens with zero attached hydrogens (tertiary/aromatic N) is 1. The number of benzene rings is 1. The molecular formula is C16H24N2O2. The van der Waals surface area contributed by atoms with Gasteiger partial charge in [0.05, 0.1) is 6.61 Å². The molecular weight excluding hydrogens is 252 g/mol. The number of nitrogens with one attached hydrogen (secondary N) is 1. The molecule has 1 heterocycles. The highest BCUT2D eigenvalue weighted by Gasteiger charge is 2.35. The summed E-state index contributed by atoms with van der Waals surface area (Å²) in [5.74, 6) is 0.255. The molecule has 20 heavy (non-hydrogen) atoms. The Balaban J connectivity index is 2.11. The van der Waals surface area contributed by atoms with Gasteiger partial charge in [0.2, 0.25) is 5.91 Å². The van der Waals surface area contributed by atoms with Gasteiger partial charge >= 0.3 is 0 Å². The maximum atomic E-state index is 11.8. The molecule has 110 valence electrons. The molecule has 1 fully saturated rings. The van der Waals surface area contributed by atoms with Crippen molar-refractivity contribution in [1.29, 1.82) is 0 Å². The molecule has 2 atom stereocenters. The van der Waals surface area contributed by atoms with Crippen LogP contribution in [0, 0.1) is 0 Å². The zero-order valence-electron chi connectivity index (χ0n) is 12.2. The van der Waals surface area contributed by atoms with Crippen LogP contribution in [0.15, 0.2) is 30.3 Å². The maximum Gasteiger partial charge on any atom is 0.222 e. The third-order valence-electron chi connectivity index (χ3n) is 3.99. The Kier molecular flexibility index (Phi) is 5.15. The molecule has 0 bridgehead atoms. The van der Waals surface area contributed by atoms with Crippen molar-refractivity contribution in [3.05, 3.63) is 35.9 Å². The second-order valence-corrected chi connectivity index (χ2v) is 5.71. The highest BCUT2D eigenvalue weighted by Crippen LogP contribution is 2.28. The van der Waals surface area contributed by atoms with Gasteiger partial charge in [0.25, 0.3) is 0 Å². The largest absolute Gasteiger partial charge is 0.396 e. The van der Waals surface area contributed by atoms with Crippen LogP contribution >= 0.6 is 0 Å². The van der Waals surface area contributed by atoms with E-state index in [-0.39, 0.29) is 25.0 Å². The van der Waals surface area contributed by atoms with Crippen molar-refractivity contribution in [1.82, 2.24) is 10.2 Å². The van der Waals surface area contributed by atoms with Gasteiger partial charge in [-0.1, -0.05) is 30.3 Å². The van der Waals surface area contributed by atoms with Crippen LogP contribution in [-0.2, 0) is 4.79 Å². The molecule has 4 nitrogen and oxygen atoms in total. The van der Waals surface area contributed by atoms with Gasteiger partial charge in [0.1, 0.15) is 0 Å². The second-order valence-electron chi connectivity index (χ2n) is 5.71. The van der Waals surface area contributed by atoms with E-state index in [1.165, 1.54) is 5.56 Å². The Bertz CT molecular complexity index is 433. The van der Waals surface area contributed by atoms with Gasteiger partial charge in [-0.15, -0.1) is 0 Å². The first-order valence-electron chi connectivity index (χ1n) is 7.31. The molecule has 0 aromatic heterocycles. The summed E-state index contributed by atoms with van der Waals surface area (Å²) in [6.45, 7) is 6.10. The van der Waals surface area contributed by atoms with Crippen LogP contribution in [0.3, 0.4) is 0 Å². The van der Waals surface area contributed by atoms with Crippen LogP contribution in [0.1, 0.15) is 31.7 Å². The van der Waals surface area contributed by atoms with Crippen LogP contribution in [-0.4, -0.2) is 47.7 Å². The fourth-order valence-electron chi connectivity index (χ4n) is 2.82. The monoisotopic (exact) mass is 276 g/mol. The van der Waals surface area contributed by atoms with Gasteiger partial charge in [0.15, 0.2) is 0 Å². The lowest BCUT2D eigenvalue weighted by atomic mass is 9.94. The smallest absolute Gasteiger partial charge is 0.222 e. The summed E-state index contributed by atoms with van der Waals surface area (Å²) in [5.41, 5.74) is 1.27. The second kappa shape index (κ2) is 6.86. The number of amides is 1. The Hall–Kier alpha value is -1.39. The lowest BCUT2D eigenvalue weighted by Crippen LogP contribution is -2.40. The van der Waals surface area contributed by atoms with Crippen LogP contribution in [0.2, 0.25) is 0 Å². The Morgan fingerprint density at radius 1 is 1.35 bits per heavy atom. The average Bonchev–Trinajstić information content (AvgIpc) is 2.84. The third-order valence-corrected chi connectivity index (χ3v) is 3.99. The van der Waals surface area contributed by atoms with Crippen molar-refractivity contribution < 1.29 is 9.90 Å². The Morgan fingerprint density at radius 2 is 2.05 bits per heavy atom. The summed E-state index contributed by atoms with van der Waals surface area (Å²) >= 11 is 0. The van der Waals surface area contributed by atoms with Crippen molar-refractivity contribution >= 4 is 5.91 Å². The summed E-state index contributed by atoms with van der Waals surface area (Å²) in [5, 5.41) is 11.9. The van der Waals surface area contributed by atoms with Crippen molar-refractivity contribution in [2.45, 2.75) is 38.3 Å². The predicted octanol–water partition coefficient (Wildman–Crippen LogP) is 1.36. The molecule has 2 N–H and O–H groups in total. The number of rotatable bonds is 5. The van der Waals surface area contributed by atoms with E-state index in [9.17, 15) is 4.79 Å². The lowest BCUT2D eigenvalue weighted by Gasteiger charge is -2.20. The third kappa shape index (κ3) is 3.58. The summed E-state index contributed by atoms with van der Waals surface area (Å²) in [6.07, 6.45) is 0.180. The van der Waals surface area contributed by atoms with E-state index >= 15 is 0 Å². The molecule has 4 heteroatoms.